The van der Waals surface area contributed by atoms with Crippen molar-refractivity contribution < 1.29 is 22.9 Å². The molecule has 2 aromatic carbocycles. The molecule has 3 aromatic rings. The highest BCUT2D eigenvalue weighted by Gasteiger charge is 2.24. The first-order valence-electron chi connectivity index (χ1n) is 12.7. The molecule has 10 heteroatoms. The maximum atomic E-state index is 15.3. The van der Waals surface area contributed by atoms with Gasteiger partial charge < -0.3 is 20.5 Å². The van der Waals surface area contributed by atoms with Gasteiger partial charge in [0.25, 0.3) is 0 Å². The van der Waals surface area contributed by atoms with Crippen LogP contribution in [0.3, 0.4) is 0 Å². The van der Waals surface area contributed by atoms with Gasteiger partial charge in [-0.2, -0.15) is 0 Å². The highest BCUT2D eigenvalue weighted by Crippen LogP contribution is 2.34. The van der Waals surface area contributed by atoms with Crippen molar-refractivity contribution in [2.75, 3.05) is 13.2 Å². The number of nitrogens with zero attached hydrogens (tertiary/aromatic N) is 2. The van der Waals surface area contributed by atoms with Gasteiger partial charge in [-0.3, -0.25) is 19.0 Å². The number of amides is 1. The predicted molar refractivity (Wildman–Crippen MR) is 151 cm³/mol. The molecule has 1 amide bonds. The van der Waals surface area contributed by atoms with Crippen molar-refractivity contribution in [1.82, 2.24) is 10.3 Å². The van der Waals surface area contributed by atoms with E-state index in [1.807, 2.05) is 26.8 Å². The molecule has 0 radical (unpaired) electrons. The van der Waals surface area contributed by atoms with E-state index < -0.39 is 22.5 Å². The van der Waals surface area contributed by atoms with E-state index in [4.69, 9.17) is 15.2 Å². The highest BCUT2D eigenvalue weighted by atomic mass is 32.2. The first-order valence-corrected chi connectivity index (χ1v) is 13.9. The topological polar surface area (TPSA) is 116 Å². The van der Waals surface area contributed by atoms with E-state index in [0.29, 0.717) is 46.2 Å². The van der Waals surface area contributed by atoms with Gasteiger partial charge >= 0.3 is 0 Å². The van der Waals surface area contributed by atoms with E-state index in [2.05, 4.69) is 15.3 Å². The van der Waals surface area contributed by atoms with Gasteiger partial charge in [0.2, 0.25) is 5.91 Å². The average Bonchev–Trinajstić information content (AvgIpc) is 3.45. The van der Waals surface area contributed by atoms with Crippen molar-refractivity contribution >= 4 is 33.8 Å². The lowest BCUT2D eigenvalue weighted by molar-refractivity contribution is -0.119. The lowest BCUT2D eigenvalue weighted by Crippen LogP contribution is -2.27. The number of hydrogen-bond donors (Lipinski definition) is 2. The molecule has 1 aliphatic rings. The molecule has 4 rings (SSSR count). The zero-order chi connectivity index (χ0) is 28.2. The van der Waals surface area contributed by atoms with E-state index in [1.165, 1.54) is 18.5 Å². The SMILES string of the molecule is Cc1c(Oc2ccnc3ccc(S(=O)C4CCOC4)cc23)ccc(CC(=O)N/C(C=NC(C)(C)C)=C/N)c1F. The maximum absolute atomic E-state index is 15.3. The summed E-state index contributed by atoms with van der Waals surface area (Å²) >= 11 is 0. The lowest BCUT2D eigenvalue weighted by Gasteiger charge is -2.15. The first-order chi connectivity index (χ1) is 18.6. The molecular weight excluding hydrogens is 519 g/mol. The second-order valence-electron chi connectivity index (χ2n) is 10.3. The highest BCUT2D eigenvalue weighted by molar-refractivity contribution is 7.85. The van der Waals surface area contributed by atoms with E-state index in [1.54, 1.807) is 37.4 Å². The zero-order valence-electron chi connectivity index (χ0n) is 22.5. The summed E-state index contributed by atoms with van der Waals surface area (Å²) in [5.41, 5.74) is 6.75. The number of carbonyl (C=O) groups excluding carboxylic acids is 1. The number of benzene rings is 2. The standard InChI is InChI=1S/C29H33FN4O4S/c1-18-25(8-5-19(28(18)30)13-27(35)34-20(15-31)16-33-29(2,3)4)38-26-9-11-32-24-7-6-21(14-23(24)26)39(36)22-10-12-37-17-22/h5-9,11,14-16,22H,10,12-13,17,31H2,1-4H3,(H,34,35)/b20-15+,33-16?. The molecule has 39 heavy (non-hydrogen) atoms. The Kier molecular flexibility index (Phi) is 8.76. The Hall–Kier alpha value is -3.63. The summed E-state index contributed by atoms with van der Waals surface area (Å²) in [6, 6.07) is 10.3. The minimum absolute atomic E-state index is 0.0493. The molecule has 1 aromatic heterocycles. The fraction of sp³-hybridized carbons (Fsp3) is 0.345. The van der Waals surface area contributed by atoms with Crippen LogP contribution in [-0.2, 0) is 26.8 Å². The van der Waals surface area contributed by atoms with Gasteiger partial charge in [0.1, 0.15) is 17.3 Å². The molecule has 0 bridgehead atoms. The van der Waals surface area contributed by atoms with Gasteiger partial charge in [-0.05, 0) is 70.0 Å². The number of aliphatic imine (C=N–C) groups is 1. The molecule has 206 valence electrons. The molecule has 2 atom stereocenters. The Morgan fingerprint density at radius 2 is 2.08 bits per heavy atom. The van der Waals surface area contributed by atoms with Crippen LogP contribution in [0.2, 0.25) is 0 Å². The lowest BCUT2D eigenvalue weighted by atomic mass is 10.1. The minimum atomic E-state index is -1.22. The Balaban J connectivity index is 1.53. The van der Waals surface area contributed by atoms with Crippen LogP contribution in [0.5, 0.6) is 11.5 Å². The van der Waals surface area contributed by atoms with Crippen LogP contribution < -0.4 is 15.8 Å². The maximum Gasteiger partial charge on any atom is 0.228 e. The zero-order valence-corrected chi connectivity index (χ0v) is 23.3. The summed E-state index contributed by atoms with van der Waals surface area (Å²) in [6.45, 7) is 8.43. The second kappa shape index (κ2) is 12.0. The number of nitrogens with two attached hydrogens (primary N) is 1. The Labute approximate surface area is 230 Å². The van der Waals surface area contributed by atoms with Crippen LogP contribution in [0.15, 0.2) is 64.4 Å². The third kappa shape index (κ3) is 7.07. The normalized spacial score (nSPS) is 17.1. The molecule has 0 spiro atoms. The van der Waals surface area contributed by atoms with E-state index in [9.17, 15) is 9.00 Å². The van der Waals surface area contributed by atoms with E-state index in [-0.39, 0.29) is 28.3 Å². The number of fused-ring (bicyclic) bond motifs is 1. The van der Waals surface area contributed by atoms with Crippen LogP contribution in [0.25, 0.3) is 10.9 Å². The van der Waals surface area contributed by atoms with Gasteiger partial charge in [-0.15, -0.1) is 0 Å². The Morgan fingerprint density at radius 3 is 2.77 bits per heavy atom. The molecular formula is C29H33FN4O4S. The summed E-state index contributed by atoms with van der Waals surface area (Å²) in [4.78, 5) is 21.9. The number of nitrogens with one attached hydrogen (secondary N) is 1. The van der Waals surface area contributed by atoms with Gasteiger partial charge in [0, 0.05) is 41.1 Å². The Morgan fingerprint density at radius 1 is 1.28 bits per heavy atom. The molecule has 2 unspecified atom stereocenters. The summed E-state index contributed by atoms with van der Waals surface area (Å²) in [6.07, 6.45) is 4.89. The van der Waals surface area contributed by atoms with Gasteiger partial charge in [-0.25, -0.2) is 4.39 Å². The second-order valence-corrected chi connectivity index (χ2v) is 12.0. The average molecular weight is 553 g/mol. The van der Waals surface area contributed by atoms with Crippen molar-refractivity contribution in [3.05, 3.63) is 71.4 Å². The fourth-order valence-corrected chi connectivity index (χ4v) is 5.39. The number of ether oxygens (including phenoxy) is 2. The minimum Gasteiger partial charge on any atom is -0.456 e. The van der Waals surface area contributed by atoms with Crippen LogP contribution in [0, 0.1) is 12.7 Å². The van der Waals surface area contributed by atoms with Gasteiger partial charge in [0.05, 0.1) is 45.8 Å². The number of pyridine rings is 1. The third-order valence-corrected chi connectivity index (χ3v) is 7.83. The first kappa shape index (κ1) is 28.4. The summed E-state index contributed by atoms with van der Waals surface area (Å²) in [5.74, 6) is -0.192. The molecule has 8 nitrogen and oxygen atoms in total. The fourth-order valence-electron chi connectivity index (χ4n) is 4.04. The molecule has 3 N–H and O–H groups in total. The molecule has 0 saturated carbocycles. The Bertz CT molecular complexity index is 1460. The summed E-state index contributed by atoms with van der Waals surface area (Å²) in [7, 11) is -1.22. The monoisotopic (exact) mass is 552 g/mol. The molecule has 1 saturated heterocycles. The third-order valence-electron chi connectivity index (χ3n) is 6.14. The molecule has 2 heterocycles. The quantitative estimate of drug-likeness (QED) is 0.392. The number of carbonyl (C=O) groups is 1. The van der Waals surface area contributed by atoms with Crippen molar-refractivity contribution in [2.24, 2.45) is 10.7 Å². The van der Waals surface area contributed by atoms with Crippen molar-refractivity contribution in [2.45, 2.75) is 56.2 Å². The summed E-state index contributed by atoms with van der Waals surface area (Å²) in [5, 5.41) is 3.27. The summed E-state index contributed by atoms with van der Waals surface area (Å²) < 4.78 is 39.8. The smallest absolute Gasteiger partial charge is 0.228 e. The molecule has 1 fully saturated rings. The largest absolute Gasteiger partial charge is 0.456 e. The van der Waals surface area contributed by atoms with Gasteiger partial charge in [-0.1, -0.05) is 6.07 Å². The number of halogens is 1. The van der Waals surface area contributed by atoms with Crippen molar-refractivity contribution in [3.63, 3.8) is 0 Å². The predicted octanol–water partition coefficient (Wildman–Crippen LogP) is 4.70. The van der Waals surface area contributed by atoms with E-state index >= 15 is 4.39 Å². The van der Waals surface area contributed by atoms with Crippen LogP contribution in [0.1, 0.15) is 38.3 Å². The van der Waals surface area contributed by atoms with Crippen molar-refractivity contribution in [3.8, 4) is 11.5 Å². The van der Waals surface area contributed by atoms with Gasteiger partial charge in [0.15, 0.2) is 0 Å². The number of rotatable bonds is 8. The van der Waals surface area contributed by atoms with Crippen LogP contribution in [-0.4, -0.2) is 45.3 Å². The molecule has 1 aliphatic heterocycles. The van der Waals surface area contributed by atoms with E-state index in [0.717, 1.165) is 6.42 Å². The molecule has 0 aliphatic carbocycles. The number of hydrogen-bond acceptors (Lipinski definition) is 7. The number of allylic oxidation sites excluding steroid dienone is 1. The van der Waals surface area contributed by atoms with Crippen LogP contribution in [0.4, 0.5) is 4.39 Å². The van der Waals surface area contributed by atoms with Crippen LogP contribution >= 0.6 is 0 Å². The number of aromatic nitrogens is 1. The van der Waals surface area contributed by atoms with Crippen molar-refractivity contribution in [1.29, 1.82) is 0 Å².